The Morgan fingerprint density at radius 2 is 1.75 bits per heavy atom. The molecule has 0 aliphatic carbocycles. The van der Waals surface area contributed by atoms with Gasteiger partial charge in [-0.05, 0) is 53.5 Å². The molecule has 36 heavy (non-hydrogen) atoms. The number of halogens is 3. The minimum absolute atomic E-state index is 0.196. The molecular weight excluding hydrogens is 485 g/mol. The van der Waals surface area contributed by atoms with E-state index in [2.05, 4.69) is 14.7 Å². The van der Waals surface area contributed by atoms with E-state index in [-0.39, 0.29) is 36.2 Å². The third kappa shape index (κ3) is 5.24. The largest absolute Gasteiger partial charge is 0.573 e. The summed E-state index contributed by atoms with van der Waals surface area (Å²) in [4.78, 5) is 18.6. The number of benzene rings is 2. The van der Waals surface area contributed by atoms with Gasteiger partial charge in [-0.3, -0.25) is 4.57 Å². The van der Waals surface area contributed by atoms with E-state index in [9.17, 15) is 23.3 Å². The first-order chi connectivity index (χ1) is 17.2. The van der Waals surface area contributed by atoms with Gasteiger partial charge in [0.1, 0.15) is 42.4 Å². The number of fused-ring (bicyclic) bond motifs is 1. The van der Waals surface area contributed by atoms with Gasteiger partial charge >= 0.3 is 18.2 Å². The number of ether oxygens (including phenoxy) is 3. The fourth-order valence-corrected chi connectivity index (χ4v) is 3.59. The Labute approximate surface area is 201 Å². The number of aryl methyl sites for hydroxylation is 1. The maximum absolute atomic E-state index is 12.3. The molecule has 1 aliphatic heterocycles. The van der Waals surface area contributed by atoms with Crippen LogP contribution in [-0.2, 0) is 6.54 Å². The lowest BCUT2D eigenvalue weighted by Gasteiger charge is -2.22. The Kier molecular flexibility index (Phi) is 5.96. The van der Waals surface area contributed by atoms with Crippen molar-refractivity contribution in [2.75, 3.05) is 6.61 Å². The number of aromatic nitrogens is 3. The number of nitro groups is 1. The Morgan fingerprint density at radius 3 is 2.44 bits per heavy atom. The van der Waals surface area contributed by atoms with E-state index in [0.717, 1.165) is 5.56 Å². The smallest absolute Gasteiger partial charge is 0.490 e. The van der Waals surface area contributed by atoms with E-state index in [1.165, 1.54) is 36.7 Å². The summed E-state index contributed by atoms with van der Waals surface area (Å²) in [7, 11) is 0. The molecule has 0 fully saturated rings. The van der Waals surface area contributed by atoms with Crippen molar-refractivity contribution >= 4 is 5.82 Å². The highest BCUT2D eigenvalue weighted by molar-refractivity contribution is 5.63. The van der Waals surface area contributed by atoms with Gasteiger partial charge in [-0.1, -0.05) is 0 Å². The molecule has 0 saturated carbocycles. The zero-order valence-corrected chi connectivity index (χ0v) is 18.3. The first-order valence-electron chi connectivity index (χ1n) is 10.7. The average Bonchev–Trinajstić information content (AvgIpc) is 3.50. The van der Waals surface area contributed by atoms with Crippen LogP contribution in [0.1, 0.15) is 6.42 Å². The molecule has 4 aromatic rings. The number of oxazole rings is 1. The summed E-state index contributed by atoms with van der Waals surface area (Å²) in [5.41, 5.74) is 1.78. The van der Waals surface area contributed by atoms with Crippen LogP contribution in [0.2, 0.25) is 0 Å². The van der Waals surface area contributed by atoms with Crippen molar-refractivity contribution in [2.24, 2.45) is 0 Å². The summed E-state index contributed by atoms with van der Waals surface area (Å²) in [6.07, 6.45) is -1.65. The molecule has 1 atom stereocenters. The van der Waals surface area contributed by atoms with Crippen LogP contribution in [0.3, 0.4) is 0 Å². The lowest BCUT2D eigenvalue weighted by Crippen LogP contribution is -2.31. The summed E-state index contributed by atoms with van der Waals surface area (Å²) >= 11 is 0. The monoisotopic (exact) mass is 502 g/mol. The Balaban J connectivity index is 1.18. The van der Waals surface area contributed by atoms with Gasteiger partial charge < -0.3 is 28.7 Å². The SMILES string of the molecule is O=[N+]([O-])c1cn2c(n1)OC(COc1ccc(-c3coc(-c4ccc(OC(F)(F)F)cc4)n3)cc1)CC2. The first-order valence-corrected chi connectivity index (χ1v) is 10.7. The maximum Gasteiger partial charge on any atom is 0.573 e. The van der Waals surface area contributed by atoms with Gasteiger partial charge in [-0.2, -0.15) is 0 Å². The van der Waals surface area contributed by atoms with Crippen molar-refractivity contribution < 1.29 is 36.7 Å². The number of imidazole rings is 1. The van der Waals surface area contributed by atoms with Gasteiger partial charge in [0.15, 0.2) is 0 Å². The zero-order chi connectivity index (χ0) is 25.3. The fraction of sp³-hybridized carbons (Fsp3) is 0.217. The molecule has 13 heteroatoms. The van der Waals surface area contributed by atoms with Gasteiger partial charge in [0.2, 0.25) is 5.89 Å². The van der Waals surface area contributed by atoms with E-state index < -0.39 is 11.3 Å². The maximum atomic E-state index is 12.3. The van der Waals surface area contributed by atoms with Crippen LogP contribution in [0, 0.1) is 10.1 Å². The van der Waals surface area contributed by atoms with Gasteiger partial charge in [0.25, 0.3) is 0 Å². The lowest BCUT2D eigenvalue weighted by molar-refractivity contribution is -0.389. The third-order valence-electron chi connectivity index (χ3n) is 5.30. The first kappa shape index (κ1) is 23.2. The average molecular weight is 502 g/mol. The van der Waals surface area contributed by atoms with Gasteiger partial charge in [0.05, 0.1) is 0 Å². The summed E-state index contributed by atoms with van der Waals surface area (Å²) < 4.78 is 59.4. The third-order valence-corrected chi connectivity index (χ3v) is 5.30. The van der Waals surface area contributed by atoms with Crippen LogP contribution in [0.15, 0.2) is 65.4 Å². The molecule has 1 unspecified atom stereocenters. The van der Waals surface area contributed by atoms with Crippen LogP contribution in [0.25, 0.3) is 22.7 Å². The van der Waals surface area contributed by atoms with E-state index in [1.807, 2.05) is 0 Å². The minimum atomic E-state index is -4.76. The number of nitrogens with zero attached hydrogens (tertiary/aromatic N) is 4. The Bertz CT molecular complexity index is 1370. The molecule has 1 aliphatic rings. The molecule has 0 saturated heterocycles. The second-order valence-electron chi connectivity index (χ2n) is 7.81. The second kappa shape index (κ2) is 9.24. The zero-order valence-electron chi connectivity index (χ0n) is 18.3. The summed E-state index contributed by atoms with van der Waals surface area (Å²) in [6, 6.07) is 12.5. The molecule has 3 heterocycles. The summed E-state index contributed by atoms with van der Waals surface area (Å²) in [5, 5.41) is 10.9. The predicted octanol–water partition coefficient (Wildman–Crippen LogP) is 5.24. The highest BCUT2D eigenvalue weighted by atomic mass is 19.4. The van der Waals surface area contributed by atoms with Crippen molar-refractivity contribution in [3.63, 3.8) is 0 Å². The minimum Gasteiger partial charge on any atom is -0.490 e. The van der Waals surface area contributed by atoms with Crippen LogP contribution in [0.5, 0.6) is 17.5 Å². The molecular formula is C23H17F3N4O6. The topological polar surface area (TPSA) is 115 Å². The Morgan fingerprint density at radius 1 is 1.06 bits per heavy atom. The van der Waals surface area contributed by atoms with Crippen molar-refractivity contribution in [3.8, 4) is 40.2 Å². The Hall–Kier alpha value is -4.55. The van der Waals surface area contributed by atoms with Crippen molar-refractivity contribution in [3.05, 3.63) is 71.1 Å². The van der Waals surface area contributed by atoms with E-state index in [1.54, 1.807) is 28.8 Å². The quantitative estimate of drug-likeness (QED) is 0.249. The predicted molar refractivity (Wildman–Crippen MR) is 117 cm³/mol. The van der Waals surface area contributed by atoms with Gasteiger partial charge in [0, 0.05) is 29.1 Å². The molecule has 2 aromatic carbocycles. The molecule has 0 N–H and O–H groups in total. The van der Waals surface area contributed by atoms with Crippen molar-refractivity contribution in [1.29, 1.82) is 0 Å². The van der Waals surface area contributed by atoms with Crippen molar-refractivity contribution in [2.45, 2.75) is 25.4 Å². The molecule has 0 bridgehead atoms. The number of alkyl halides is 3. The van der Waals surface area contributed by atoms with Crippen LogP contribution < -0.4 is 14.2 Å². The van der Waals surface area contributed by atoms with E-state index >= 15 is 0 Å². The standard InChI is InChI=1S/C23H17F3N4O6/c24-23(25,26)36-17-7-3-15(4-8-17)21-27-19(13-34-21)14-1-5-16(6-2-14)33-12-18-9-10-29-11-20(30(31)32)28-22(29)35-18/h1-8,11,13,18H,9-10,12H2. The summed E-state index contributed by atoms with van der Waals surface area (Å²) in [6.45, 7) is 0.776. The number of rotatable bonds is 7. The van der Waals surface area contributed by atoms with Crippen LogP contribution in [-0.4, -0.2) is 38.5 Å². The highest BCUT2D eigenvalue weighted by Gasteiger charge is 2.31. The molecule has 0 amide bonds. The lowest BCUT2D eigenvalue weighted by atomic mass is 10.1. The van der Waals surface area contributed by atoms with E-state index in [0.29, 0.717) is 30.0 Å². The fourth-order valence-electron chi connectivity index (χ4n) is 3.59. The van der Waals surface area contributed by atoms with Gasteiger partial charge in [-0.25, -0.2) is 4.98 Å². The normalized spacial score (nSPS) is 15.1. The van der Waals surface area contributed by atoms with Gasteiger partial charge in [-0.15, -0.1) is 13.2 Å². The van der Waals surface area contributed by atoms with Crippen molar-refractivity contribution in [1.82, 2.24) is 14.5 Å². The summed E-state index contributed by atoms with van der Waals surface area (Å²) in [5.74, 6) is 0.243. The molecule has 10 nitrogen and oxygen atoms in total. The number of hydrogen-bond donors (Lipinski definition) is 0. The number of hydrogen-bond acceptors (Lipinski definition) is 8. The molecule has 0 radical (unpaired) electrons. The highest BCUT2D eigenvalue weighted by Crippen LogP contribution is 2.29. The molecule has 0 spiro atoms. The molecule has 2 aromatic heterocycles. The van der Waals surface area contributed by atoms with E-state index in [4.69, 9.17) is 13.9 Å². The van der Waals surface area contributed by atoms with Crippen LogP contribution in [0.4, 0.5) is 19.0 Å². The second-order valence-corrected chi connectivity index (χ2v) is 7.81. The molecule has 5 rings (SSSR count). The molecule has 186 valence electrons. The van der Waals surface area contributed by atoms with Crippen LogP contribution >= 0.6 is 0 Å².